The van der Waals surface area contributed by atoms with Crippen LogP contribution in [0.25, 0.3) is 5.69 Å². The molecule has 0 aliphatic rings. The zero-order chi connectivity index (χ0) is 15.7. The third-order valence-electron chi connectivity index (χ3n) is 2.67. The Labute approximate surface area is 116 Å². The molecule has 0 unspecified atom stereocenters. The molecule has 0 aliphatic heterocycles. The van der Waals surface area contributed by atoms with Crippen molar-refractivity contribution >= 4 is 5.97 Å². The maximum Gasteiger partial charge on any atom is 0.344 e. The maximum absolute atomic E-state index is 13.9. The van der Waals surface area contributed by atoms with Gasteiger partial charge in [0.15, 0.2) is 23.3 Å². The summed E-state index contributed by atoms with van der Waals surface area (Å²) in [5.41, 5.74) is -2.05. The lowest BCUT2D eigenvalue weighted by molar-refractivity contribution is 0.0512. The number of halogens is 4. The lowest BCUT2D eigenvalue weighted by Crippen LogP contribution is -2.16. The molecule has 0 saturated carbocycles. The molecule has 0 amide bonds. The van der Waals surface area contributed by atoms with E-state index in [2.05, 4.69) is 9.84 Å². The highest BCUT2D eigenvalue weighted by atomic mass is 19.2. The molecule has 0 spiro atoms. The lowest BCUT2D eigenvalue weighted by atomic mass is 10.1. The van der Waals surface area contributed by atoms with Gasteiger partial charge in [-0.05, 0) is 19.9 Å². The van der Waals surface area contributed by atoms with Crippen LogP contribution < -0.4 is 0 Å². The van der Waals surface area contributed by atoms with E-state index in [0.717, 1.165) is 6.20 Å². The number of hydrogen-bond donors (Lipinski definition) is 0. The van der Waals surface area contributed by atoms with Gasteiger partial charge in [-0.15, -0.1) is 0 Å². The SMILES string of the molecule is CCOC(=O)c1c(F)c(F)c(-n2ccc(C)n2)c(F)c1F. The van der Waals surface area contributed by atoms with Crippen LogP contribution in [0.1, 0.15) is 23.0 Å². The molecule has 4 nitrogen and oxygen atoms in total. The van der Waals surface area contributed by atoms with Crippen molar-refractivity contribution in [3.05, 3.63) is 46.8 Å². The van der Waals surface area contributed by atoms with Crippen molar-refractivity contribution in [1.29, 1.82) is 0 Å². The van der Waals surface area contributed by atoms with Gasteiger partial charge in [-0.1, -0.05) is 0 Å². The molecule has 0 N–H and O–H groups in total. The minimum absolute atomic E-state index is 0.193. The van der Waals surface area contributed by atoms with Gasteiger partial charge in [-0.2, -0.15) is 5.10 Å². The normalized spacial score (nSPS) is 10.8. The highest BCUT2D eigenvalue weighted by molar-refractivity contribution is 5.90. The molecule has 1 heterocycles. The standard InChI is InChI=1S/C13H10F4N2O2/c1-3-21-13(20)7-8(14)10(16)12(11(17)9(7)15)19-5-4-6(2)18-19/h4-5H,3H2,1-2H3. The van der Waals surface area contributed by atoms with E-state index in [1.807, 2.05) is 0 Å². The summed E-state index contributed by atoms with van der Waals surface area (Å²) in [6.45, 7) is 2.73. The Balaban J connectivity index is 2.69. The third-order valence-corrected chi connectivity index (χ3v) is 2.67. The van der Waals surface area contributed by atoms with Gasteiger partial charge in [0.1, 0.15) is 11.3 Å². The van der Waals surface area contributed by atoms with Crippen molar-refractivity contribution in [3.63, 3.8) is 0 Å². The van der Waals surface area contributed by atoms with Gasteiger partial charge in [0.25, 0.3) is 0 Å². The predicted octanol–water partition coefficient (Wildman–Crippen LogP) is 2.91. The second kappa shape index (κ2) is 5.55. The van der Waals surface area contributed by atoms with Crippen LogP contribution in [0.5, 0.6) is 0 Å². The summed E-state index contributed by atoms with van der Waals surface area (Å²) in [6, 6.07) is 1.40. The first-order chi connectivity index (χ1) is 9.88. The second-order valence-electron chi connectivity index (χ2n) is 4.10. The zero-order valence-corrected chi connectivity index (χ0v) is 11.1. The third kappa shape index (κ3) is 2.48. The zero-order valence-electron chi connectivity index (χ0n) is 11.1. The summed E-state index contributed by atoms with van der Waals surface area (Å²) >= 11 is 0. The average Bonchev–Trinajstić information content (AvgIpc) is 2.84. The summed E-state index contributed by atoms with van der Waals surface area (Å²) in [4.78, 5) is 11.4. The van der Waals surface area contributed by atoms with Gasteiger partial charge in [0.05, 0.1) is 12.3 Å². The molecule has 112 valence electrons. The smallest absolute Gasteiger partial charge is 0.344 e. The van der Waals surface area contributed by atoms with Crippen molar-refractivity contribution in [3.8, 4) is 5.69 Å². The molecular formula is C13H10F4N2O2. The van der Waals surface area contributed by atoms with Crippen LogP contribution in [0, 0.1) is 30.2 Å². The topological polar surface area (TPSA) is 44.1 Å². The number of carbonyl (C=O) groups excluding carboxylic acids is 1. The van der Waals surface area contributed by atoms with E-state index in [1.165, 1.54) is 19.9 Å². The van der Waals surface area contributed by atoms with Crippen LogP contribution in [0.2, 0.25) is 0 Å². The van der Waals surface area contributed by atoms with Gasteiger partial charge in [0.2, 0.25) is 0 Å². The molecule has 0 bridgehead atoms. The molecule has 0 fully saturated rings. The van der Waals surface area contributed by atoms with E-state index in [0.29, 0.717) is 10.4 Å². The minimum Gasteiger partial charge on any atom is -0.462 e. The minimum atomic E-state index is -1.82. The van der Waals surface area contributed by atoms with E-state index in [-0.39, 0.29) is 6.61 Å². The van der Waals surface area contributed by atoms with Crippen molar-refractivity contribution in [2.24, 2.45) is 0 Å². The maximum atomic E-state index is 13.9. The highest BCUT2D eigenvalue weighted by Crippen LogP contribution is 2.27. The number of nitrogens with zero attached hydrogens (tertiary/aromatic N) is 2. The van der Waals surface area contributed by atoms with E-state index < -0.39 is 40.5 Å². The molecule has 1 aromatic carbocycles. The molecule has 2 aromatic rings. The van der Waals surface area contributed by atoms with E-state index in [1.54, 1.807) is 0 Å². The Hall–Kier alpha value is -2.38. The number of esters is 1. The van der Waals surface area contributed by atoms with Gasteiger partial charge >= 0.3 is 5.97 Å². The number of benzene rings is 1. The summed E-state index contributed by atoms with van der Waals surface area (Å²) < 4.78 is 60.6. The number of aryl methyl sites for hydroxylation is 1. The summed E-state index contributed by atoms with van der Waals surface area (Å²) in [5, 5.41) is 3.68. The van der Waals surface area contributed by atoms with E-state index in [9.17, 15) is 22.4 Å². The van der Waals surface area contributed by atoms with Crippen LogP contribution in [0.3, 0.4) is 0 Å². The largest absolute Gasteiger partial charge is 0.462 e. The quantitative estimate of drug-likeness (QED) is 0.497. The summed E-state index contributed by atoms with van der Waals surface area (Å²) in [5.74, 6) is -8.57. The van der Waals surface area contributed by atoms with Crippen LogP contribution in [-0.2, 0) is 4.74 Å². The van der Waals surface area contributed by atoms with Crippen molar-refractivity contribution < 1.29 is 27.1 Å². The number of carbonyl (C=O) groups is 1. The summed E-state index contributed by atoms with van der Waals surface area (Å²) in [6.07, 6.45) is 1.14. The fourth-order valence-electron chi connectivity index (χ4n) is 1.74. The number of ether oxygens (including phenoxy) is 1. The van der Waals surface area contributed by atoms with E-state index in [4.69, 9.17) is 0 Å². The first kappa shape index (κ1) is 15.0. The monoisotopic (exact) mass is 302 g/mol. The van der Waals surface area contributed by atoms with E-state index >= 15 is 0 Å². The molecule has 0 saturated heterocycles. The number of rotatable bonds is 3. The Kier molecular flexibility index (Phi) is 3.97. The number of hydrogen-bond acceptors (Lipinski definition) is 3. The Morgan fingerprint density at radius 1 is 1.19 bits per heavy atom. The molecular weight excluding hydrogens is 292 g/mol. The molecule has 21 heavy (non-hydrogen) atoms. The Morgan fingerprint density at radius 2 is 1.76 bits per heavy atom. The van der Waals surface area contributed by atoms with Crippen molar-refractivity contribution in [1.82, 2.24) is 9.78 Å². The summed E-state index contributed by atoms with van der Waals surface area (Å²) in [7, 11) is 0. The molecule has 0 atom stereocenters. The molecule has 8 heteroatoms. The fraction of sp³-hybridized carbons (Fsp3) is 0.231. The van der Waals surface area contributed by atoms with Gasteiger partial charge in [0, 0.05) is 6.20 Å². The van der Waals surface area contributed by atoms with Crippen LogP contribution >= 0.6 is 0 Å². The average molecular weight is 302 g/mol. The molecule has 1 aromatic heterocycles. The van der Waals surface area contributed by atoms with Crippen molar-refractivity contribution in [2.75, 3.05) is 6.61 Å². The lowest BCUT2D eigenvalue weighted by Gasteiger charge is -2.11. The molecule has 0 radical (unpaired) electrons. The molecule has 0 aliphatic carbocycles. The second-order valence-corrected chi connectivity index (χ2v) is 4.10. The van der Waals surface area contributed by atoms with Crippen LogP contribution in [0.4, 0.5) is 17.6 Å². The van der Waals surface area contributed by atoms with Crippen LogP contribution in [0.15, 0.2) is 12.3 Å². The van der Waals surface area contributed by atoms with Gasteiger partial charge < -0.3 is 4.74 Å². The van der Waals surface area contributed by atoms with Crippen LogP contribution in [-0.4, -0.2) is 22.4 Å². The first-order valence-electron chi connectivity index (χ1n) is 5.94. The predicted molar refractivity (Wildman–Crippen MR) is 64.1 cm³/mol. The highest BCUT2D eigenvalue weighted by Gasteiger charge is 2.31. The number of aromatic nitrogens is 2. The molecule has 2 rings (SSSR count). The van der Waals surface area contributed by atoms with Crippen molar-refractivity contribution in [2.45, 2.75) is 13.8 Å². The Morgan fingerprint density at radius 3 is 2.19 bits per heavy atom. The van der Waals surface area contributed by atoms with Gasteiger partial charge in [-0.25, -0.2) is 27.0 Å². The Bertz CT molecular complexity index is 683. The fourth-order valence-corrected chi connectivity index (χ4v) is 1.74. The first-order valence-corrected chi connectivity index (χ1v) is 5.94. The van der Waals surface area contributed by atoms with Gasteiger partial charge in [-0.3, -0.25) is 0 Å².